The predicted octanol–water partition coefficient (Wildman–Crippen LogP) is 0.980. The number of hydrogen-bond donors (Lipinski definition) is 0. The van der Waals surface area contributed by atoms with Crippen LogP contribution in [0.1, 0.15) is 32.6 Å². The molecule has 0 aromatic carbocycles. The van der Waals surface area contributed by atoms with Crippen molar-refractivity contribution in [1.82, 2.24) is 9.80 Å². The van der Waals surface area contributed by atoms with Crippen molar-refractivity contribution < 1.29 is 8.42 Å². The van der Waals surface area contributed by atoms with Crippen LogP contribution in [0.2, 0.25) is 0 Å². The highest BCUT2D eigenvalue weighted by molar-refractivity contribution is 7.90. The fourth-order valence-electron chi connectivity index (χ4n) is 3.26. The first-order chi connectivity index (χ1) is 8.49. The molecule has 2 heterocycles. The molecule has 0 aromatic rings. The summed E-state index contributed by atoms with van der Waals surface area (Å²) in [4.78, 5) is 5.03. The van der Waals surface area contributed by atoms with E-state index in [9.17, 15) is 8.42 Å². The minimum atomic E-state index is -2.84. The fraction of sp³-hybridized carbons (Fsp3) is 1.00. The van der Waals surface area contributed by atoms with Gasteiger partial charge in [0.1, 0.15) is 9.84 Å². The SMILES string of the molecule is CCC1CN2CCCCC2CN1CCS(C)(=O)=O. The van der Waals surface area contributed by atoms with Gasteiger partial charge in [-0.2, -0.15) is 0 Å². The molecule has 0 bridgehead atoms. The maximum absolute atomic E-state index is 11.3. The van der Waals surface area contributed by atoms with E-state index in [1.54, 1.807) is 0 Å². The van der Waals surface area contributed by atoms with Gasteiger partial charge in [0.05, 0.1) is 5.75 Å². The predicted molar refractivity (Wildman–Crippen MR) is 74.6 cm³/mol. The van der Waals surface area contributed by atoms with Gasteiger partial charge in [-0.1, -0.05) is 13.3 Å². The van der Waals surface area contributed by atoms with Gasteiger partial charge in [-0.15, -0.1) is 0 Å². The largest absolute Gasteiger partial charge is 0.298 e. The van der Waals surface area contributed by atoms with E-state index in [4.69, 9.17) is 0 Å². The molecule has 2 aliphatic rings. The minimum absolute atomic E-state index is 0.302. The molecule has 0 radical (unpaired) electrons. The zero-order chi connectivity index (χ0) is 13.2. The van der Waals surface area contributed by atoms with Crippen molar-refractivity contribution in [1.29, 1.82) is 0 Å². The summed E-state index contributed by atoms with van der Waals surface area (Å²) >= 11 is 0. The smallest absolute Gasteiger partial charge is 0.148 e. The summed E-state index contributed by atoms with van der Waals surface area (Å²) in [5.41, 5.74) is 0. The van der Waals surface area contributed by atoms with Crippen molar-refractivity contribution in [3.05, 3.63) is 0 Å². The lowest BCUT2D eigenvalue weighted by molar-refractivity contribution is 0.0109. The minimum Gasteiger partial charge on any atom is -0.298 e. The van der Waals surface area contributed by atoms with Crippen LogP contribution in [0.4, 0.5) is 0 Å². The van der Waals surface area contributed by atoms with Crippen LogP contribution in [0.25, 0.3) is 0 Å². The molecule has 106 valence electrons. The maximum Gasteiger partial charge on any atom is 0.148 e. The van der Waals surface area contributed by atoms with Crippen molar-refractivity contribution in [3.63, 3.8) is 0 Å². The molecule has 5 heteroatoms. The molecule has 4 nitrogen and oxygen atoms in total. The summed E-state index contributed by atoms with van der Waals surface area (Å²) < 4.78 is 22.6. The molecular formula is C13H26N2O2S. The standard InChI is InChI=1S/C13H26N2O2S/c1-3-12-10-14-7-5-4-6-13(14)11-15(12)8-9-18(2,16)17/h12-13H,3-11H2,1-2H3. The summed E-state index contributed by atoms with van der Waals surface area (Å²) in [6, 6.07) is 1.21. The molecule has 0 aromatic heterocycles. The average Bonchev–Trinajstić information content (AvgIpc) is 2.34. The third-order valence-corrected chi connectivity index (χ3v) is 5.30. The van der Waals surface area contributed by atoms with Gasteiger partial charge in [0, 0.05) is 38.0 Å². The zero-order valence-corrected chi connectivity index (χ0v) is 12.5. The molecular weight excluding hydrogens is 248 g/mol. The van der Waals surface area contributed by atoms with Gasteiger partial charge in [-0.3, -0.25) is 9.80 Å². The topological polar surface area (TPSA) is 40.6 Å². The van der Waals surface area contributed by atoms with Crippen LogP contribution in [0.15, 0.2) is 0 Å². The second kappa shape index (κ2) is 5.88. The third-order valence-electron chi connectivity index (χ3n) is 4.38. The molecule has 0 aliphatic carbocycles. The Hall–Kier alpha value is -0.130. The van der Waals surface area contributed by atoms with E-state index in [1.165, 1.54) is 32.1 Å². The van der Waals surface area contributed by atoms with Crippen molar-refractivity contribution >= 4 is 9.84 Å². The van der Waals surface area contributed by atoms with Gasteiger partial charge in [0.25, 0.3) is 0 Å². The summed E-state index contributed by atoms with van der Waals surface area (Å²) in [5.74, 6) is 0.302. The normalized spacial score (nSPS) is 31.2. The second-order valence-electron chi connectivity index (χ2n) is 5.83. The van der Waals surface area contributed by atoms with E-state index in [0.29, 0.717) is 24.4 Å². The number of rotatable bonds is 4. The first-order valence-corrected chi connectivity index (χ1v) is 9.21. The molecule has 2 saturated heterocycles. The molecule has 2 aliphatic heterocycles. The van der Waals surface area contributed by atoms with E-state index < -0.39 is 9.84 Å². The molecule has 2 rings (SSSR count). The molecule has 0 spiro atoms. The zero-order valence-electron chi connectivity index (χ0n) is 11.6. The van der Waals surface area contributed by atoms with Crippen molar-refractivity contribution in [3.8, 4) is 0 Å². The molecule has 2 fully saturated rings. The van der Waals surface area contributed by atoms with E-state index in [1.807, 2.05) is 0 Å². The number of hydrogen-bond acceptors (Lipinski definition) is 4. The highest BCUT2D eigenvalue weighted by Crippen LogP contribution is 2.25. The lowest BCUT2D eigenvalue weighted by atomic mass is 9.96. The Kier molecular flexibility index (Phi) is 4.67. The number of piperazine rings is 1. The monoisotopic (exact) mass is 274 g/mol. The second-order valence-corrected chi connectivity index (χ2v) is 8.09. The van der Waals surface area contributed by atoms with E-state index in [2.05, 4.69) is 16.7 Å². The van der Waals surface area contributed by atoms with Gasteiger partial charge in [0.2, 0.25) is 0 Å². The Balaban J connectivity index is 1.95. The van der Waals surface area contributed by atoms with Crippen LogP contribution in [0, 0.1) is 0 Å². The molecule has 2 unspecified atom stereocenters. The number of piperidine rings is 1. The van der Waals surface area contributed by atoms with Gasteiger partial charge < -0.3 is 0 Å². The highest BCUT2D eigenvalue weighted by atomic mass is 32.2. The summed E-state index contributed by atoms with van der Waals surface area (Å²) in [6.45, 7) is 6.35. The molecule has 0 saturated carbocycles. The van der Waals surface area contributed by atoms with Crippen LogP contribution in [0.3, 0.4) is 0 Å². The molecule has 0 amide bonds. The summed E-state index contributed by atoms with van der Waals surface area (Å²) in [6.07, 6.45) is 6.40. The Bertz CT molecular complexity index is 369. The molecule has 0 N–H and O–H groups in total. The van der Waals surface area contributed by atoms with E-state index in [0.717, 1.165) is 19.5 Å². The highest BCUT2D eigenvalue weighted by Gasteiger charge is 2.34. The Morgan fingerprint density at radius 1 is 1.22 bits per heavy atom. The summed E-state index contributed by atoms with van der Waals surface area (Å²) in [5, 5.41) is 0. The molecule has 2 atom stereocenters. The lowest BCUT2D eigenvalue weighted by Crippen LogP contribution is -2.59. The lowest BCUT2D eigenvalue weighted by Gasteiger charge is -2.48. The van der Waals surface area contributed by atoms with Crippen LogP contribution in [-0.4, -0.2) is 68.5 Å². The van der Waals surface area contributed by atoms with Gasteiger partial charge in [0.15, 0.2) is 0 Å². The third kappa shape index (κ3) is 3.68. The maximum atomic E-state index is 11.3. The molecule has 18 heavy (non-hydrogen) atoms. The van der Waals surface area contributed by atoms with Crippen LogP contribution in [-0.2, 0) is 9.84 Å². The van der Waals surface area contributed by atoms with E-state index >= 15 is 0 Å². The number of sulfone groups is 1. The quantitative estimate of drug-likeness (QED) is 0.766. The van der Waals surface area contributed by atoms with E-state index in [-0.39, 0.29) is 0 Å². The van der Waals surface area contributed by atoms with Crippen LogP contribution < -0.4 is 0 Å². The van der Waals surface area contributed by atoms with Crippen molar-refractivity contribution in [2.75, 3.05) is 38.2 Å². The first-order valence-electron chi connectivity index (χ1n) is 7.15. The average molecular weight is 274 g/mol. The van der Waals surface area contributed by atoms with Gasteiger partial charge in [-0.25, -0.2) is 8.42 Å². The number of nitrogens with zero attached hydrogens (tertiary/aromatic N) is 2. The van der Waals surface area contributed by atoms with Gasteiger partial charge in [-0.05, 0) is 25.8 Å². The van der Waals surface area contributed by atoms with Gasteiger partial charge >= 0.3 is 0 Å². The van der Waals surface area contributed by atoms with Crippen molar-refractivity contribution in [2.45, 2.75) is 44.7 Å². The Morgan fingerprint density at radius 3 is 2.67 bits per heavy atom. The number of fused-ring (bicyclic) bond motifs is 1. The summed E-state index contributed by atoms with van der Waals surface area (Å²) in [7, 11) is -2.84. The van der Waals surface area contributed by atoms with Crippen molar-refractivity contribution in [2.24, 2.45) is 0 Å². The Morgan fingerprint density at radius 2 is 2.00 bits per heavy atom. The first kappa shape index (κ1) is 14.3. The van der Waals surface area contributed by atoms with Crippen LogP contribution in [0.5, 0.6) is 0 Å². The fourth-order valence-corrected chi connectivity index (χ4v) is 3.82. The van der Waals surface area contributed by atoms with Crippen LogP contribution >= 0.6 is 0 Å². The Labute approximate surface area is 111 Å².